The molecule has 0 saturated carbocycles. The van der Waals surface area contributed by atoms with Crippen molar-refractivity contribution in [3.8, 4) is 120 Å². The first-order chi connectivity index (χ1) is 53.7. The van der Waals surface area contributed by atoms with E-state index in [1.54, 1.807) is 28.4 Å². The molecule has 5 aromatic heterocycles. The van der Waals surface area contributed by atoms with Gasteiger partial charge in [0, 0.05) is 38.4 Å². The van der Waals surface area contributed by atoms with Crippen molar-refractivity contribution < 1.29 is 43.0 Å². The molecule has 0 spiro atoms. The molecular formula is C89H119BBr4IN5O10. The fraction of sp³-hybridized carbons (Fsp3) is 0.315. The third kappa shape index (κ3) is 39.1. The van der Waals surface area contributed by atoms with Crippen LogP contribution in [0.25, 0.3) is 67.3 Å². The maximum atomic E-state index is 11.7. The molecule has 15 nitrogen and oxygen atoms in total. The zero-order valence-electron chi connectivity index (χ0n) is 69.1. The summed E-state index contributed by atoms with van der Waals surface area (Å²) in [6.07, 6.45) is 0. The zero-order valence-corrected chi connectivity index (χ0v) is 77.6. The van der Waals surface area contributed by atoms with Gasteiger partial charge in [0.25, 0.3) is 29.1 Å². The molecule has 110 heavy (non-hydrogen) atoms. The molecule has 11 rings (SSSR count). The van der Waals surface area contributed by atoms with Gasteiger partial charge in [-0.05, 0) is 119 Å². The van der Waals surface area contributed by atoms with Gasteiger partial charge < -0.3 is 48.0 Å². The van der Waals surface area contributed by atoms with E-state index in [2.05, 4.69) is 130 Å². The summed E-state index contributed by atoms with van der Waals surface area (Å²) < 4.78 is 44.9. The lowest BCUT2D eigenvalue weighted by atomic mass is 9.99. The van der Waals surface area contributed by atoms with Gasteiger partial charge in [-0.15, -0.1) is 47.3 Å². The largest absolute Gasteiger partial charge is 0.503 e. The van der Waals surface area contributed by atoms with Gasteiger partial charge >= 0.3 is 3.18 Å². The third-order valence-electron chi connectivity index (χ3n) is 12.9. The topological polar surface area (TPSA) is 178 Å². The van der Waals surface area contributed by atoms with E-state index in [-0.39, 0.29) is 8.93 Å². The number of hydrogen-bond acceptors (Lipinski definition) is 14. The Balaban J connectivity index is -0.00000124. The Morgan fingerprint density at radius 2 is 0.664 bits per heavy atom. The number of halogens is 5. The molecule has 0 bridgehead atoms. The van der Waals surface area contributed by atoms with Crippen LogP contribution in [0.4, 0.5) is 0 Å². The van der Waals surface area contributed by atoms with Crippen LogP contribution in [0.5, 0.6) is 52.3 Å². The maximum absolute atomic E-state index is 11.7. The molecule has 2 N–H and O–H groups in total. The van der Waals surface area contributed by atoms with Crippen molar-refractivity contribution in [2.24, 2.45) is 0 Å². The average molecular weight is 1880 g/mol. The van der Waals surface area contributed by atoms with E-state index < -0.39 is 5.56 Å². The van der Waals surface area contributed by atoms with Crippen LogP contribution in [-0.4, -0.2) is 88.1 Å². The predicted molar refractivity (Wildman–Crippen MR) is 493 cm³/mol. The molecule has 0 radical (unpaired) electrons. The summed E-state index contributed by atoms with van der Waals surface area (Å²) in [5.41, 5.74) is 10.8. The smallest absolute Gasteiger partial charge is 0.369 e. The highest BCUT2D eigenvalue weighted by molar-refractivity contribution is 14.1. The van der Waals surface area contributed by atoms with Crippen LogP contribution >= 0.6 is 85.8 Å². The quantitative estimate of drug-likeness (QED) is 0.0471. The molecule has 0 unspecified atom stereocenters. The Morgan fingerprint density at radius 1 is 0.364 bits per heavy atom. The molecule has 5 heterocycles. The van der Waals surface area contributed by atoms with Crippen LogP contribution in [0.1, 0.15) is 138 Å². The van der Waals surface area contributed by atoms with Crippen LogP contribution in [0, 0.1) is 3.70 Å². The number of nitrogens with one attached hydrogen (secondary N) is 1. The van der Waals surface area contributed by atoms with E-state index in [1.807, 2.05) is 333 Å². The van der Waals surface area contributed by atoms with Gasteiger partial charge in [-0.2, -0.15) is 0 Å². The van der Waals surface area contributed by atoms with Crippen molar-refractivity contribution >= 4 is 89.0 Å². The predicted octanol–water partition coefficient (Wildman–Crippen LogP) is 27.8. The van der Waals surface area contributed by atoms with Gasteiger partial charge in [0.2, 0.25) is 0 Å². The van der Waals surface area contributed by atoms with Crippen LogP contribution < -0.4 is 43.5 Å². The summed E-state index contributed by atoms with van der Waals surface area (Å²) in [6, 6.07) is 72.4. The Kier molecular flexibility index (Phi) is 66.3. The van der Waals surface area contributed by atoms with E-state index in [0.717, 1.165) is 69.8 Å². The van der Waals surface area contributed by atoms with Gasteiger partial charge in [-0.3, -0.25) is 4.79 Å². The Hall–Kier alpha value is -8.22. The molecule has 598 valence electrons. The lowest BCUT2D eigenvalue weighted by Crippen LogP contribution is -2.07. The van der Waals surface area contributed by atoms with Gasteiger partial charge in [0.15, 0.2) is 28.7 Å². The van der Waals surface area contributed by atoms with Crippen LogP contribution in [0.3, 0.4) is 0 Å². The van der Waals surface area contributed by atoms with Crippen molar-refractivity contribution in [2.75, 3.05) is 54.9 Å². The van der Waals surface area contributed by atoms with Crippen molar-refractivity contribution in [2.45, 2.75) is 138 Å². The highest BCUT2D eigenvalue weighted by Gasteiger charge is 2.18. The SMILES string of the molecule is BrB(Br)Br.CC.CC.CC.CC.CC.CC.CC.CC.CCOc1nc(-c2ccccc2)c(-c2ccccc2)cc1OC.CCOc1nc(-c2ccccc2)c(Br)cc1OC.CCOc1nc(-c2ccccc2)ccc1OC.CCOc1nc(I)ccc1OC.O=c1[nH]c(-c2ccccc2)c(-c2ccccc2)cc1O. The number of nitrogens with zero attached hydrogens (tertiary/aromatic N) is 4. The average Bonchev–Trinajstić information content (AvgIpc) is 0.802. The minimum Gasteiger partial charge on any atom is -0.503 e. The molecule has 0 atom stereocenters. The summed E-state index contributed by atoms with van der Waals surface area (Å²) in [6.45, 7) is 42.0. The summed E-state index contributed by atoms with van der Waals surface area (Å²) in [5, 5.41) is 9.69. The molecule has 0 aliphatic rings. The summed E-state index contributed by atoms with van der Waals surface area (Å²) in [5.74, 6) is 4.47. The molecule has 0 aliphatic carbocycles. The molecule has 6 aromatic carbocycles. The number of aromatic nitrogens is 5. The minimum absolute atomic E-state index is 0.271. The zero-order chi connectivity index (χ0) is 83.6. The molecule has 21 heteroatoms. The number of H-pyrrole nitrogens is 1. The number of benzene rings is 6. The third-order valence-corrected chi connectivity index (χ3v) is 14.1. The highest BCUT2D eigenvalue weighted by atomic mass is 127. The van der Waals surface area contributed by atoms with Crippen molar-refractivity contribution in [1.29, 1.82) is 0 Å². The van der Waals surface area contributed by atoms with Crippen molar-refractivity contribution in [1.82, 2.24) is 24.9 Å². The lowest BCUT2D eigenvalue weighted by molar-refractivity contribution is 0.298. The van der Waals surface area contributed by atoms with E-state index >= 15 is 0 Å². The van der Waals surface area contributed by atoms with Gasteiger partial charge in [-0.1, -0.05) is 293 Å². The molecule has 11 aromatic rings. The molecule has 0 aliphatic heterocycles. The number of aromatic amines is 1. The number of hydrogen-bond donors (Lipinski definition) is 2. The van der Waals surface area contributed by atoms with E-state index in [0.29, 0.717) is 78.6 Å². The second-order valence-electron chi connectivity index (χ2n) is 19.0. The first kappa shape index (κ1) is 106. The number of rotatable bonds is 18. The van der Waals surface area contributed by atoms with E-state index in [4.69, 9.17) is 42.9 Å². The Bertz CT molecular complexity index is 4090. The van der Waals surface area contributed by atoms with E-state index in [9.17, 15) is 9.90 Å². The number of ether oxygens (including phenoxy) is 8. The second kappa shape index (κ2) is 68.8. The van der Waals surface area contributed by atoms with E-state index in [1.165, 1.54) is 6.07 Å². The first-order valence-corrected chi connectivity index (χ1v) is 42.1. The Labute approximate surface area is 706 Å². The standard InChI is InChI=1S/C20H19NO2.C17H13NO2.C14H14BrNO2.C14H15NO2.C8H10INO2.8C2H6.BBr3/c1-3-23-20-18(22-2)14-17(15-10-6-4-7-11-15)19(21-20)16-12-8-5-9-13-16;19-15-11-14(12-7-3-1-4-8-12)16(18-17(15)20)13-9-5-2-6-10-13;1-3-18-14-12(17-2)9-11(15)13(16-14)10-7-5-4-6-8-10;1-3-17-14-13(16-2)10-9-12(15-14)11-7-5-4-6-8-11;1-3-12-8-6(11-2)4-5-7(9)10-8;8*1-2;2-1(3)4/h4-14H,3H2,1-2H3;1-11,19H,(H,18,20);4-9H,3H2,1-2H3;4-10H,3H2,1-2H3;4-5H,3H2,1-2H3;8*1-2H3;. The molecular weight excluding hydrogens is 1760 g/mol. The van der Waals surface area contributed by atoms with Crippen molar-refractivity contribution in [3.63, 3.8) is 0 Å². The second-order valence-corrected chi connectivity index (χ2v) is 27.4. The monoisotopic (exact) mass is 1870 g/mol. The van der Waals surface area contributed by atoms with Crippen LogP contribution in [-0.2, 0) is 0 Å². The number of aromatic hydroxyl groups is 1. The number of methoxy groups -OCH3 is 4. The van der Waals surface area contributed by atoms with Crippen LogP contribution in [0.15, 0.2) is 234 Å². The summed E-state index contributed by atoms with van der Waals surface area (Å²) in [4.78, 5) is 32.3. The van der Waals surface area contributed by atoms with Gasteiger partial charge in [-0.25, -0.2) is 19.9 Å². The Morgan fingerprint density at radius 3 is 1.04 bits per heavy atom. The molecule has 0 amide bonds. The molecule has 0 fully saturated rings. The highest BCUT2D eigenvalue weighted by Crippen LogP contribution is 2.39. The summed E-state index contributed by atoms with van der Waals surface area (Å²) >= 11 is 15.0. The van der Waals surface area contributed by atoms with Gasteiger partial charge in [0.05, 0.1) is 77.6 Å². The normalized spacial score (nSPS) is 8.99. The summed E-state index contributed by atoms with van der Waals surface area (Å²) in [7, 11) is 6.46. The lowest BCUT2D eigenvalue weighted by Gasteiger charge is -2.15. The fourth-order valence-electron chi connectivity index (χ4n) is 8.75. The number of pyridine rings is 5. The van der Waals surface area contributed by atoms with Crippen LogP contribution in [0.2, 0.25) is 0 Å². The van der Waals surface area contributed by atoms with Gasteiger partial charge in [0.1, 0.15) is 3.70 Å². The minimum atomic E-state index is -0.483. The fourth-order valence-corrected chi connectivity index (χ4v) is 9.67. The first-order valence-electron chi connectivity index (χ1n) is 37.5. The van der Waals surface area contributed by atoms with Crippen molar-refractivity contribution in [3.05, 3.63) is 243 Å². The maximum Gasteiger partial charge on any atom is 0.369 e. The molecule has 0 saturated heterocycles.